The van der Waals surface area contributed by atoms with Crippen LogP contribution < -0.4 is 5.32 Å². The summed E-state index contributed by atoms with van der Waals surface area (Å²) >= 11 is 4.93. The Bertz CT molecular complexity index is 462. The van der Waals surface area contributed by atoms with Gasteiger partial charge in [0.05, 0.1) is 0 Å². The molecule has 0 saturated carbocycles. The third kappa shape index (κ3) is 2.73. The molecule has 5 heteroatoms. The van der Waals surface area contributed by atoms with Crippen LogP contribution in [0.2, 0.25) is 0 Å². The third-order valence-corrected chi connectivity index (χ3v) is 6.33. The number of amides is 1. The lowest BCUT2D eigenvalue weighted by Crippen LogP contribution is -2.55. The van der Waals surface area contributed by atoms with E-state index in [2.05, 4.69) is 33.2 Å². The first-order valence-electron chi connectivity index (χ1n) is 6.91. The van der Waals surface area contributed by atoms with Crippen molar-refractivity contribution in [1.82, 2.24) is 10.2 Å². The number of hydrogen-bond donors (Lipinski definition) is 1. The SMILES string of the molecule is CN1C2CCCC1CC(NC(=O)c1sccc1Br)C2. The average Bonchev–Trinajstić information content (AvgIpc) is 2.77. The summed E-state index contributed by atoms with van der Waals surface area (Å²) in [5, 5.41) is 5.17. The van der Waals surface area contributed by atoms with Gasteiger partial charge in [0.15, 0.2) is 0 Å². The fourth-order valence-electron chi connectivity index (χ4n) is 3.44. The van der Waals surface area contributed by atoms with E-state index in [4.69, 9.17) is 0 Å². The molecule has 3 rings (SSSR count). The minimum atomic E-state index is 0.0782. The fraction of sp³-hybridized carbons (Fsp3) is 0.643. The van der Waals surface area contributed by atoms with Gasteiger partial charge in [-0.15, -0.1) is 11.3 Å². The first-order chi connectivity index (χ1) is 9.15. The molecular formula is C14H19BrN2OS. The van der Waals surface area contributed by atoms with Crippen LogP contribution in [0.25, 0.3) is 0 Å². The van der Waals surface area contributed by atoms with E-state index in [9.17, 15) is 4.79 Å². The number of fused-ring (bicyclic) bond motifs is 2. The van der Waals surface area contributed by atoms with Gasteiger partial charge in [0.2, 0.25) is 0 Å². The normalized spacial score (nSPS) is 31.2. The van der Waals surface area contributed by atoms with Crippen LogP contribution in [0, 0.1) is 0 Å². The van der Waals surface area contributed by atoms with Crippen molar-refractivity contribution in [1.29, 1.82) is 0 Å². The number of nitrogens with zero attached hydrogens (tertiary/aromatic N) is 1. The van der Waals surface area contributed by atoms with Crippen LogP contribution in [0.5, 0.6) is 0 Å². The van der Waals surface area contributed by atoms with Crippen LogP contribution >= 0.6 is 27.3 Å². The van der Waals surface area contributed by atoms with Gasteiger partial charge >= 0.3 is 0 Å². The maximum absolute atomic E-state index is 12.3. The molecule has 2 aliphatic heterocycles. The summed E-state index contributed by atoms with van der Waals surface area (Å²) in [5.41, 5.74) is 0. The Morgan fingerprint density at radius 2 is 2.11 bits per heavy atom. The number of piperidine rings is 2. The second-order valence-corrected chi connectivity index (χ2v) is 7.41. The summed E-state index contributed by atoms with van der Waals surface area (Å²) in [5.74, 6) is 0.0782. The van der Waals surface area contributed by atoms with Gasteiger partial charge in [-0.05, 0) is 60.1 Å². The van der Waals surface area contributed by atoms with Gasteiger partial charge in [0, 0.05) is 22.6 Å². The summed E-state index contributed by atoms with van der Waals surface area (Å²) in [4.78, 5) is 15.6. The molecule has 104 valence electrons. The van der Waals surface area contributed by atoms with Crippen molar-refractivity contribution in [2.45, 2.75) is 50.2 Å². The molecule has 2 bridgehead atoms. The number of carbonyl (C=O) groups is 1. The molecule has 2 fully saturated rings. The zero-order valence-electron chi connectivity index (χ0n) is 11.1. The number of nitrogens with one attached hydrogen (secondary N) is 1. The Morgan fingerprint density at radius 3 is 2.68 bits per heavy atom. The van der Waals surface area contributed by atoms with E-state index >= 15 is 0 Å². The van der Waals surface area contributed by atoms with Gasteiger partial charge in [0.1, 0.15) is 4.88 Å². The Morgan fingerprint density at radius 1 is 1.42 bits per heavy atom. The lowest BCUT2D eigenvalue weighted by Gasteiger charge is -2.47. The molecule has 1 aromatic heterocycles. The second-order valence-electron chi connectivity index (χ2n) is 5.64. The highest BCUT2D eigenvalue weighted by Crippen LogP contribution is 2.33. The second kappa shape index (κ2) is 5.54. The van der Waals surface area contributed by atoms with Crippen LogP contribution in [-0.2, 0) is 0 Å². The van der Waals surface area contributed by atoms with Crippen molar-refractivity contribution < 1.29 is 4.79 Å². The maximum Gasteiger partial charge on any atom is 0.262 e. The first-order valence-corrected chi connectivity index (χ1v) is 8.58. The number of hydrogen-bond acceptors (Lipinski definition) is 3. The smallest absolute Gasteiger partial charge is 0.262 e. The minimum absolute atomic E-state index is 0.0782. The molecule has 19 heavy (non-hydrogen) atoms. The standard InChI is InChI=1S/C14H19BrN2OS/c1-17-10-3-2-4-11(17)8-9(7-10)16-14(18)13-12(15)5-6-19-13/h5-6,9-11H,2-4,7-8H2,1H3,(H,16,18). The Hall–Kier alpha value is -0.390. The molecule has 2 saturated heterocycles. The molecule has 2 aliphatic rings. The van der Waals surface area contributed by atoms with E-state index in [0.29, 0.717) is 18.1 Å². The minimum Gasteiger partial charge on any atom is -0.348 e. The molecule has 1 aromatic rings. The zero-order valence-corrected chi connectivity index (χ0v) is 13.5. The summed E-state index contributed by atoms with van der Waals surface area (Å²) in [6.07, 6.45) is 6.10. The van der Waals surface area contributed by atoms with E-state index in [1.165, 1.54) is 30.6 Å². The monoisotopic (exact) mass is 342 g/mol. The van der Waals surface area contributed by atoms with Gasteiger partial charge in [-0.3, -0.25) is 4.79 Å². The topological polar surface area (TPSA) is 32.3 Å². The molecule has 1 N–H and O–H groups in total. The largest absolute Gasteiger partial charge is 0.348 e. The number of thiophene rings is 1. The summed E-state index contributed by atoms with van der Waals surface area (Å²) in [6.45, 7) is 0. The highest BCUT2D eigenvalue weighted by molar-refractivity contribution is 9.10. The van der Waals surface area contributed by atoms with E-state index in [1.807, 2.05) is 11.4 Å². The highest BCUT2D eigenvalue weighted by atomic mass is 79.9. The van der Waals surface area contributed by atoms with Crippen molar-refractivity contribution in [3.8, 4) is 0 Å². The predicted octanol–water partition coefficient (Wildman–Crippen LogP) is 3.26. The Balaban J connectivity index is 1.65. The number of carbonyl (C=O) groups excluding carboxylic acids is 1. The summed E-state index contributed by atoms with van der Waals surface area (Å²) in [6, 6.07) is 3.59. The molecule has 3 heterocycles. The van der Waals surface area contributed by atoms with E-state index < -0.39 is 0 Å². The molecule has 0 aliphatic carbocycles. The fourth-order valence-corrected chi connectivity index (χ4v) is 4.89. The van der Waals surface area contributed by atoms with E-state index in [-0.39, 0.29) is 5.91 Å². The summed E-state index contributed by atoms with van der Waals surface area (Å²) in [7, 11) is 2.24. The molecular weight excluding hydrogens is 324 g/mol. The van der Waals surface area contributed by atoms with Gasteiger partial charge in [-0.1, -0.05) is 6.42 Å². The van der Waals surface area contributed by atoms with Crippen LogP contribution in [0.1, 0.15) is 41.8 Å². The summed E-state index contributed by atoms with van der Waals surface area (Å²) < 4.78 is 0.906. The van der Waals surface area contributed by atoms with Crippen LogP contribution in [-0.4, -0.2) is 36.0 Å². The average molecular weight is 343 g/mol. The third-order valence-electron chi connectivity index (χ3n) is 4.50. The molecule has 0 spiro atoms. The van der Waals surface area contributed by atoms with Gasteiger partial charge in [-0.25, -0.2) is 0 Å². The molecule has 2 unspecified atom stereocenters. The first kappa shape index (κ1) is 13.6. The quantitative estimate of drug-likeness (QED) is 0.894. The zero-order chi connectivity index (χ0) is 13.4. The maximum atomic E-state index is 12.3. The van der Waals surface area contributed by atoms with Crippen LogP contribution in [0.3, 0.4) is 0 Å². The van der Waals surface area contributed by atoms with Crippen molar-refractivity contribution in [2.24, 2.45) is 0 Å². The predicted molar refractivity (Wildman–Crippen MR) is 81.7 cm³/mol. The number of halogens is 1. The van der Waals surface area contributed by atoms with Crippen molar-refractivity contribution in [2.75, 3.05) is 7.05 Å². The molecule has 3 nitrogen and oxygen atoms in total. The van der Waals surface area contributed by atoms with Crippen LogP contribution in [0.15, 0.2) is 15.9 Å². The van der Waals surface area contributed by atoms with Crippen molar-refractivity contribution in [3.05, 3.63) is 20.8 Å². The Labute approximate surface area is 126 Å². The lowest BCUT2D eigenvalue weighted by molar-refractivity contribution is 0.0464. The molecule has 1 amide bonds. The van der Waals surface area contributed by atoms with Crippen molar-refractivity contribution in [3.63, 3.8) is 0 Å². The number of rotatable bonds is 2. The van der Waals surface area contributed by atoms with E-state index in [1.54, 1.807) is 0 Å². The lowest BCUT2D eigenvalue weighted by atomic mass is 9.82. The molecule has 0 radical (unpaired) electrons. The van der Waals surface area contributed by atoms with Crippen LogP contribution in [0.4, 0.5) is 0 Å². The van der Waals surface area contributed by atoms with Gasteiger partial charge in [0.25, 0.3) is 5.91 Å². The van der Waals surface area contributed by atoms with Crippen molar-refractivity contribution >= 4 is 33.2 Å². The van der Waals surface area contributed by atoms with E-state index in [0.717, 1.165) is 22.2 Å². The Kier molecular flexibility index (Phi) is 3.96. The molecule has 2 atom stereocenters. The highest BCUT2D eigenvalue weighted by Gasteiger charge is 2.36. The van der Waals surface area contributed by atoms with Gasteiger partial charge in [-0.2, -0.15) is 0 Å². The molecule has 0 aromatic carbocycles. The van der Waals surface area contributed by atoms with Gasteiger partial charge < -0.3 is 10.2 Å².